The van der Waals surface area contributed by atoms with Gasteiger partial charge in [-0.05, 0) is 24.6 Å². The Labute approximate surface area is 208 Å². The quantitative estimate of drug-likeness (QED) is 0.441. The molecule has 0 aromatic heterocycles. The van der Waals surface area contributed by atoms with Gasteiger partial charge in [0.15, 0.2) is 6.04 Å². The maximum atomic E-state index is 15.3. The molecule has 1 fully saturated rings. The predicted molar refractivity (Wildman–Crippen MR) is 112 cm³/mol. The summed E-state index contributed by atoms with van der Waals surface area (Å²) < 4.78 is 98.6. The van der Waals surface area contributed by atoms with Crippen molar-refractivity contribution in [1.82, 2.24) is 15.5 Å². The van der Waals surface area contributed by atoms with E-state index in [-0.39, 0.29) is 24.0 Å². The molecule has 0 spiro atoms. The standard InChI is InChI=1S/C23H16F7N3O5/c24-17-12(6-5-10-13(17)9-33(21(10)37)14-7-8-16(34)31-20(14)36)19(35)32-18(22(25,26)27)11-3-1-2-4-15(11)38-23(28,29)30/h1-6,14,18H,7-9H2,(H,32,35)(H,31,34,36)/t14?,18-/m1/s1. The summed E-state index contributed by atoms with van der Waals surface area (Å²) in [6.45, 7) is -0.502. The minimum absolute atomic E-state index is 0.0357. The topological polar surface area (TPSA) is 105 Å². The molecule has 0 bridgehead atoms. The Morgan fingerprint density at radius 3 is 2.37 bits per heavy atom. The van der Waals surface area contributed by atoms with E-state index in [1.54, 1.807) is 0 Å². The Balaban J connectivity index is 1.62. The summed E-state index contributed by atoms with van der Waals surface area (Å²) in [4.78, 5) is 50.0. The van der Waals surface area contributed by atoms with Crippen LogP contribution in [-0.4, -0.2) is 47.1 Å². The fourth-order valence-corrected chi connectivity index (χ4v) is 4.26. The molecule has 38 heavy (non-hydrogen) atoms. The Morgan fingerprint density at radius 1 is 1.05 bits per heavy atom. The number of benzene rings is 2. The van der Waals surface area contributed by atoms with E-state index in [1.807, 2.05) is 0 Å². The van der Waals surface area contributed by atoms with Gasteiger partial charge in [0.2, 0.25) is 11.8 Å². The summed E-state index contributed by atoms with van der Waals surface area (Å²) in [5, 5.41) is 3.54. The normalized spacial score (nSPS) is 18.7. The predicted octanol–water partition coefficient (Wildman–Crippen LogP) is 3.52. The molecule has 1 saturated heterocycles. The number of carbonyl (C=O) groups is 4. The van der Waals surface area contributed by atoms with Crippen LogP contribution >= 0.6 is 0 Å². The highest BCUT2D eigenvalue weighted by molar-refractivity contribution is 6.06. The minimum atomic E-state index is -5.33. The fraction of sp³-hybridized carbons (Fsp3) is 0.304. The first-order valence-corrected chi connectivity index (χ1v) is 10.9. The van der Waals surface area contributed by atoms with Crippen molar-refractivity contribution in [3.05, 3.63) is 64.5 Å². The van der Waals surface area contributed by atoms with Gasteiger partial charge in [0.25, 0.3) is 11.8 Å². The average Bonchev–Trinajstić information content (AvgIpc) is 3.13. The van der Waals surface area contributed by atoms with Crippen LogP contribution in [0.5, 0.6) is 5.75 Å². The van der Waals surface area contributed by atoms with E-state index in [0.717, 1.165) is 29.2 Å². The van der Waals surface area contributed by atoms with Gasteiger partial charge in [0, 0.05) is 23.1 Å². The molecular formula is C23H16F7N3O5. The largest absolute Gasteiger partial charge is 0.573 e. The molecule has 2 aromatic rings. The Bertz CT molecular complexity index is 1330. The van der Waals surface area contributed by atoms with Crippen LogP contribution in [0.1, 0.15) is 50.7 Å². The second kappa shape index (κ2) is 9.61. The lowest BCUT2D eigenvalue weighted by Gasteiger charge is -2.29. The second-order valence-electron chi connectivity index (χ2n) is 8.39. The highest BCUT2D eigenvalue weighted by atomic mass is 19.4. The molecule has 2 aromatic carbocycles. The third kappa shape index (κ3) is 5.26. The molecule has 8 nitrogen and oxygen atoms in total. The van der Waals surface area contributed by atoms with Gasteiger partial charge in [-0.1, -0.05) is 18.2 Å². The van der Waals surface area contributed by atoms with Gasteiger partial charge in [-0.3, -0.25) is 24.5 Å². The van der Waals surface area contributed by atoms with Gasteiger partial charge in [-0.15, -0.1) is 13.2 Å². The van der Waals surface area contributed by atoms with Crippen LogP contribution in [0.4, 0.5) is 30.7 Å². The van der Waals surface area contributed by atoms with E-state index in [0.29, 0.717) is 12.1 Å². The van der Waals surface area contributed by atoms with Gasteiger partial charge in [-0.2, -0.15) is 13.2 Å². The highest BCUT2D eigenvalue weighted by Crippen LogP contribution is 2.39. The number of hydrogen-bond donors (Lipinski definition) is 2. The monoisotopic (exact) mass is 547 g/mol. The molecule has 2 atom stereocenters. The molecule has 2 aliphatic rings. The number of rotatable bonds is 5. The first kappa shape index (κ1) is 26.9. The second-order valence-corrected chi connectivity index (χ2v) is 8.39. The SMILES string of the molecule is O=C1CCC(N2Cc3c(ccc(C(=O)N[C@H](c4ccccc4OC(F)(F)F)C(F)(F)F)c3F)C2=O)C(=O)N1. The molecule has 2 N–H and O–H groups in total. The molecule has 0 aliphatic carbocycles. The molecular weight excluding hydrogens is 531 g/mol. The van der Waals surface area contributed by atoms with Gasteiger partial charge in [0.1, 0.15) is 17.6 Å². The van der Waals surface area contributed by atoms with Crippen LogP contribution in [0.2, 0.25) is 0 Å². The number of ether oxygens (including phenoxy) is 1. The lowest BCUT2D eigenvalue weighted by molar-refractivity contribution is -0.275. The van der Waals surface area contributed by atoms with E-state index in [2.05, 4.69) is 10.1 Å². The first-order chi connectivity index (χ1) is 17.7. The van der Waals surface area contributed by atoms with Crippen LogP contribution in [0, 0.1) is 5.82 Å². The number of nitrogens with one attached hydrogen (secondary N) is 2. The summed E-state index contributed by atoms with van der Waals surface area (Å²) in [7, 11) is 0. The molecule has 0 saturated carbocycles. The average molecular weight is 547 g/mol. The van der Waals surface area contributed by atoms with Crippen molar-refractivity contribution in [1.29, 1.82) is 0 Å². The summed E-state index contributed by atoms with van der Waals surface area (Å²) in [6, 6.07) is 0.895. The number of nitrogens with zero attached hydrogens (tertiary/aromatic N) is 1. The number of alkyl halides is 6. The molecule has 0 radical (unpaired) electrons. The third-order valence-electron chi connectivity index (χ3n) is 5.95. The van der Waals surface area contributed by atoms with Crippen molar-refractivity contribution in [2.24, 2.45) is 0 Å². The number of hydrogen-bond acceptors (Lipinski definition) is 5. The molecule has 4 rings (SSSR count). The highest BCUT2D eigenvalue weighted by Gasteiger charge is 2.46. The maximum Gasteiger partial charge on any atom is 0.573 e. The third-order valence-corrected chi connectivity index (χ3v) is 5.95. The van der Waals surface area contributed by atoms with E-state index in [9.17, 15) is 45.5 Å². The van der Waals surface area contributed by atoms with E-state index in [1.165, 1.54) is 5.32 Å². The van der Waals surface area contributed by atoms with Crippen LogP contribution in [0.15, 0.2) is 36.4 Å². The van der Waals surface area contributed by atoms with E-state index >= 15 is 4.39 Å². The van der Waals surface area contributed by atoms with Gasteiger partial charge in [-0.25, -0.2) is 4.39 Å². The lowest BCUT2D eigenvalue weighted by Crippen LogP contribution is -2.52. The van der Waals surface area contributed by atoms with Gasteiger partial charge >= 0.3 is 12.5 Å². The van der Waals surface area contributed by atoms with Gasteiger partial charge in [0.05, 0.1) is 12.1 Å². The van der Waals surface area contributed by atoms with Crippen molar-refractivity contribution in [2.45, 2.75) is 44.0 Å². The Hall–Kier alpha value is -4.17. The smallest absolute Gasteiger partial charge is 0.405 e. The Kier molecular flexibility index (Phi) is 6.80. The molecule has 15 heteroatoms. The van der Waals surface area contributed by atoms with Crippen molar-refractivity contribution < 1.29 is 54.6 Å². The zero-order valence-corrected chi connectivity index (χ0v) is 18.9. The van der Waals surface area contributed by atoms with Crippen molar-refractivity contribution in [3.8, 4) is 5.75 Å². The fourth-order valence-electron chi connectivity index (χ4n) is 4.26. The molecule has 1 unspecified atom stereocenters. The number of fused-ring (bicyclic) bond motifs is 1. The van der Waals surface area contributed by atoms with Crippen molar-refractivity contribution in [3.63, 3.8) is 0 Å². The van der Waals surface area contributed by atoms with Crippen molar-refractivity contribution >= 4 is 23.6 Å². The zero-order valence-electron chi connectivity index (χ0n) is 18.9. The zero-order chi connectivity index (χ0) is 28.0. The summed E-state index contributed by atoms with van der Waals surface area (Å²) in [5.41, 5.74) is -2.59. The summed E-state index contributed by atoms with van der Waals surface area (Å²) in [6.07, 6.45) is -10.8. The Morgan fingerprint density at radius 2 is 1.74 bits per heavy atom. The van der Waals surface area contributed by atoms with Gasteiger partial charge < -0.3 is 15.0 Å². The number of halogens is 7. The first-order valence-electron chi connectivity index (χ1n) is 10.9. The van der Waals surface area contributed by atoms with Crippen LogP contribution < -0.4 is 15.4 Å². The van der Waals surface area contributed by atoms with Crippen molar-refractivity contribution in [2.75, 3.05) is 0 Å². The van der Waals surface area contributed by atoms with Crippen LogP contribution in [0.3, 0.4) is 0 Å². The molecule has 2 heterocycles. The lowest BCUT2D eigenvalue weighted by atomic mass is 10.0. The molecule has 2 aliphatic heterocycles. The van der Waals surface area contributed by atoms with E-state index < -0.39 is 77.5 Å². The number of imide groups is 1. The summed E-state index contributed by atoms with van der Waals surface area (Å²) in [5.74, 6) is -6.31. The minimum Gasteiger partial charge on any atom is -0.405 e. The number of piperidine rings is 1. The van der Waals surface area contributed by atoms with Crippen LogP contribution in [0.25, 0.3) is 0 Å². The number of carbonyl (C=O) groups excluding carboxylic acids is 4. The molecule has 4 amide bonds. The summed E-state index contributed by atoms with van der Waals surface area (Å²) >= 11 is 0. The maximum absolute atomic E-state index is 15.3. The molecule has 202 valence electrons. The van der Waals surface area contributed by atoms with E-state index in [4.69, 9.17) is 0 Å². The number of para-hydroxylation sites is 1. The van der Waals surface area contributed by atoms with Crippen LogP contribution in [-0.2, 0) is 16.1 Å². The number of amides is 4.